The maximum atomic E-state index is 14.5. The highest BCUT2D eigenvalue weighted by Gasteiger charge is 2.61. The van der Waals surface area contributed by atoms with Crippen LogP contribution in [-0.4, -0.2) is 99.2 Å². The molecule has 3 aliphatic heterocycles. The number of nitrogens with one attached hydrogen (secondary N) is 3. The average Bonchev–Trinajstić information content (AvgIpc) is 3.61. The molecule has 1 saturated carbocycles. The van der Waals surface area contributed by atoms with E-state index in [0.717, 1.165) is 24.0 Å². The molecular formula is C38H53N5O9. The first kappa shape index (κ1) is 38.6. The summed E-state index contributed by atoms with van der Waals surface area (Å²) in [6.07, 6.45) is 5.48. The number of allylic oxidation sites excluding steroid dienone is 1. The van der Waals surface area contributed by atoms with Crippen molar-refractivity contribution in [2.75, 3.05) is 13.1 Å². The molecule has 14 heteroatoms. The third kappa shape index (κ3) is 9.23. The molecule has 0 aromatic heterocycles. The molecule has 3 heterocycles. The third-order valence-electron chi connectivity index (χ3n) is 10.2. The van der Waals surface area contributed by atoms with Crippen LogP contribution in [0.3, 0.4) is 0 Å². The molecule has 6 atom stereocenters. The van der Waals surface area contributed by atoms with E-state index < -0.39 is 77.2 Å². The molecule has 52 heavy (non-hydrogen) atoms. The van der Waals surface area contributed by atoms with Crippen molar-refractivity contribution in [1.29, 1.82) is 0 Å². The van der Waals surface area contributed by atoms with Gasteiger partial charge in [-0.3, -0.25) is 14.4 Å². The summed E-state index contributed by atoms with van der Waals surface area (Å²) < 4.78 is 11.3. The van der Waals surface area contributed by atoms with E-state index in [-0.39, 0.29) is 31.7 Å². The van der Waals surface area contributed by atoms with Gasteiger partial charge < -0.3 is 40.3 Å². The highest BCUT2D eigenvalue weighted by Crippen LogP contribution is 2.45. The van der Waals surface area contributed by atoms with Crippen LogP contribution in [0.25, 0.3) is 0 Å². The number of hydrogen-bond acceptors (Lipinski definition) is 8. The Hall–Kier alpha value is -4.62. The number of aliphatic carboxylic acids is 1. The number of benzene rings is 1. The first-order valence-corrected chi connectivity index (χ1v) is 18.4. The van der Waals surface area contributed by atoms with E-state index in [9.17, 15) is 33.9 Å². The Kier molecular flexibility index (Phi) is 11.8. The van der Waals surface area contributed by atoms with Gasteiger partial charge >= 0.3 is 18.2 Å². The van der Waals surface area contributed by atoms with E-state index in [1.54, 1.807) is 39.5 Å². The van der Waals surface area contributed by atoms with E-state index in [1.165, 1.54) is 4.90 Å². The lowest BCUT2D eigenvalue weighted by Crippen LogP contribution is -2.59. The van der Waals surface area contributed by atoms with Crippen molar-refractivity contribution in [1.82, 2.24) is 25.8 Å². The fourth-order valence-electron chi connectivity index (χ4n) is 7.25. The molecule has 4 N–H and O–H groups in total. The summed E-state index contributed by atoms with van der Waals surface area (Å²) in [6.45, 7) is 9.36. The van der Waals surface area contributed by atoms with Gasteiger partial charge in [-0.1, -0.05) is 63.1 Å². The lowest BCUT2D eigenvalue weighted by Gasteiger charge is -2.31. The van der Waals surface area contributed by atoms with Gasteiger partial charge in [-0.2, -0.15) is 0 Å². The predicted molar refractivity (Wildman–Crippen MR) is 190 cm³/mol. The maximum Gasteiger partial charge on any atom is 0.410 e. The molecule has 1 aromatic carbocycles. The number of alkyl carbamates (subject to hydrolysis) is 1. The second-order valence-corrected chi connectivity index (χ2v) is 15.8. The largest absolute Gasteiger partial charge is 0.479 e. The summed E-state index contributed by atoms with van der Waals surface area (Å²) in [5, 5.41) is 18.3. The second-order valence-electron chi connectivity index (χ2n) is 15.8. The minimum Gasteiger partial charge on any atom is -0.479 e. The van der Waals surface area contributed by atoms with Crippen molar-refractivity contribution in [3.05, 3.63) is 47.5 Å². The minimum absolute atomic E-state index is 0.0422. The normalized spacial score (nSPS) is 27.1. The van der Waals surface area contributed by atoms with Gasteiger partial charge in [0, 0.05) is 25.4 Å². The standard InChI is InChI=1S/C38H53N5O9/c1-23(2)30(40-35(49)52-37(3,4)5)32(45)39-28-16-10-8-6-7-9-15-26-20-38(26,34(47)48)41-31(44)29-19-27(22-43(29)33(28)46)51-36(50)42-18-17-24-13-11-12-14-25(24)21-42/h9,11-15,23,26-30H,6-8,10,16-22H2,1-5H3,(H,39,45)(H,40,49)(H,41,44)(H,47,48)/t26-,27-,28+,29+,30-,38-/m1/s1. The number of carbonyl (C=O) groups is 6. The van der Waals surface area contributed by atoms with Crippen LogP contribution >= 0.6 is 0 Å². The van der Waals surface area contributed by atoms with Gasteiger partial charge in [-0.25, -0.2) is 14.4 Å². The molecule has 1 aromatic rings. The zero-order valence-electron chi connectivity index (χ0n) is 30.8. The Balaban J connectivity index is 1.38. The summed E-state index contributed by atoms with van der Waals surface area (Å²) in [4.78, 5) is 83.6. The third-order valence-corrected chi connectivity index (χ3v) is 10.2. The molecular weight excluding hydrogens is 670 g/mol. The smallest absolute Gasteiger partial charge is 0.410 e. The number of carboxylic acid groups (broad SMARTS) is 1. The number of amides is 5. The molecule has 1 saturated heterocycles. The molecule has 0 spiro atoms. The number of ether oxygens (including phenoxy) is 2. The fraction of sp³-hybridized carbons (Fsp3) is 0.632. The van der Waals surface area contributed by atoms with Crippen LogP contribution in [0.15, 0.2) is 36.4 Å². The van der Waals surface area contributed by atoms with E-state index in [1.807, 2.05) is 36.4 Å². The highest BCUT2D eigenvalue weighted by molar-refractivity contribution is 5.97. The Labute approximate surface area is 305 Å². The minimum atomic E-state index is -1.50. The van der Waals surface area contributed by atoms with Crippen molar-refractivity contribution < 1.29 is 43.3 Å². The van der Waals surface area contributed by atoms with Crippen molar-refractivity contribution in [2.24, 2.45) is 11.8 Å². The van der Waals surface area contributed by atoms with Crippen LogP contribution in [0, 0.1) is 11.8 Å². The molecule has 2 fully saturated rings. The van der Waals surface area contributed by atoms with Gasteiger partial charge in [0.25, 0.3) is 0 Å². The number of hydrogen-bond donors (Lipinski definition) is 4. The fourth-order valence-corrected chi connectivity index (χ4v) is 7.25. The van der Waals surface area contributed by atoms with Crippen LogP contribution in [0.5, 0.6) is 0 Å². The summed E-state index contributed by atoms with van der Waals surface area (Å²) >= 11 is 0. The summed E-state index contributed by atoms with van der Waals surface area (Å²) in [5.41, 5.74) is -0.106. The Bertz CT molecular complexity index is 1570. The molecule has 0 unspecified atom stereocenters. The molecule has 0 bridgehead atoms. The number of carbonyl (C=O) groups excluding carboxylic acids is 5. The van der Waals surface area contributed by atoms with Gasteiger partial charge in [-0.15, -0.1) is 0 Å². The number of nitrogens with zero attached hydrogens (tertiary/aromatic N) is 2. The van der Waals surface area contributed by atoms with Crippen LogP contribution in [-0.2, 0) is 41.6 Å². The zero-order chi connectivity index (χ0) is 37.8. The average molecular weight is 724 g/mol. The quantitative estimate of drug-likeness (QED) is 0.318. The van der Waals surface area contributed by atoms with Crippen molar-refractivity contribution in [2.45, 2.75) is 128 Å². The SMILES string of the molecule is CC(C)[C@@H](NC(=O)OC(C)(C)C)C(=O)N[C@H]1CCCCCC=C[C@@H]2C[C@@]2(C(=O)O)NC(=O)[C@@H]2C[C@@H](OC(=O)N3CCc4ccccc4C3)CN2C1=O. The molecule has 5 amide bonds. The van der Waals surface area contributed by atoms with E-state index >= 15 is 0 Å². The Morgan fingerprint density at radius 1 is 1.06 bits per heavy atom. The summed E-state index contributed by atoms with van der Waals surface area (Å²) in [5.74, 6) is -3.71. The summed E-state index contributed by atoms with van der Waals surface area (Å²) in [6, 6.07) is 4.62. The molecule has 5 rings (SSSR count). The van der Waals surface area contributed by atoms with Crippen LogP contribution < -0.4 is 16.0 Å². The van der Waals surface area contributed by atoms with E-state index in [0.29, 0.717) is 32.4 Å². The summed E-state index contributed by atoms with van der Waals surface area (Å²) in [7, 11) is 0. The molecule has 4 aliphatic rings. The Morgan fingerprint density at radius 3 is 2.48 bits per heavy atom. The van der Waals surface area contributed by atoms with Gasteiger partial charge in [0.1, 0.15) is 35.4 Å². The molecule has 14 nitrogen and oxygen atoms in total. The van der Waals surface area contributed by atoms with Crippen LogP contribution in [0.1, 0.15) is 90.7 Å². The maximum absolute atomic E-state index is 14.5. The van der Waals surface area contributed by atoms with E-state index in [2.05, 4.69) is 16.0 Å². The Morgan fingerprint density at radius 2 is 1.79 bits per heavy atom. The lowest BCUT2D eigenvalue weighted by molar-refractivity contribution is -0.146. The lowest BCUT2D eigenvalue weighted by atomic mass is 10.0. The number of carboxylic acids is 1. The van der Waals surface area contributed by atoms with Gasteiger partial charge in [0.05, 0.1) is 6.54 Å². The first-order valence-electron chi connectivity index (χ1n) is 18.4. The zero-order valence-corrected chi connectivity index (χ0v) is 30.8. The highest BCUT2D eigenvalue weighted by atomic mass is 16.6. The second kappa shape index (κ2) is 16.0. The predicted octanol–water partition coefficient (Wildman–Crippen LogP) is 3.66. The monoisotopic (exact) mass is 723 g/mol. The van der Waals surface area contributed by atoms with Gasteiger partial charge in [0.2, 0.25) is 17.7 Å². The van der Waals surface area contributed by atoms with Crippen molar-refractivity contribution in [3.63, 3.8) is 0 Å². The number of rotatable bonds is 6. The van der Waals surface area contributed by atoms with Crippen molar-refractivity contribution in [3.8, 4) is 0 Å². The molecule has 0 radical (unpaired) electrons. The molecule has 284 valence electrons. The van der Waals surface area contributed by atoms with Crippen LogP contribution in [0.2, 0.25) is 0 Å². The van der Waals surface area contributed by atoms with Crippen LogP contribution in [0.4, 0.5) is 9.59 Å². The van der Waals surface area contributed by atoms with E-state index in [4.69, 9.17) is 9.47 Å². The van der Waals surface area contributed by atoms with Crippen molar-refractivity contribution >= 4 is 35.9 Å². The first-order chi connectivity index (χ1) is 24.6. The van der Waals surface area contributed by atoms with Gasteiger partial charge in [-0.05, 0) is 69.9 Å². The van der Waals surface area contributed by atoms with Gasteiger partial charge in [0.15, 0.2) is 0 Å². The topological polar surface area (TPSA) is 184 Å². The number of fused-ring (bicyclic) bond motifs is 3. The molecule has 1 aliphatic carbocycles.